The number of carbonyl (C=O) groups is 1. The molecule has 5 heteroatoms. The van der Waals surface area contributed by atoms with Gasteiger partial charge < -0.3 is 15.6 Å². The van der Waals surface area contributed by atoms with E-state index in [-0.39, 0.29) is 6.42 Å². The van der Waals surface area contributed by atoms with Crippen LogP contribution in [0.1, 0.15) is 19.3 Å². The second kappa shape index (κ2) is 5.08. The molecule has 0 aliphatic rings. The van der Waals surface area contributed by atoms with Crippen molar-refractivity contribution in [3.63, 3.8) is 0 Å². The summed E-state index contributed by atoms with van der Waals surface area (Å²) >= 11 is 0. The van der Waals surface area contributed by atoms with Gasteiger partial charge in [0.1, 0.15) is 0 Å². The van der Waals surface area contributed by atoms with Crippen LogP contribution in [0.3, 0.4) is 0 Å². The van der Waals surface area contributed by atoms with E-state index in [4.69, 9.17) is 16.6 Å². The third kappa shape index (κ3) is 3.17. The van der Waals surface area contributed by atoms with Crippen molar-refractivity contribution >= 4 is 5.97 Å². The van der Waals surface area contributed by atoms with Crippen molar-refractivity contribution in [2.45, 2.75) is 25.0 Å². The second-order valence-electron chi connectivity index (χ2n) is 2.64. The molecule has 0 aromatic heterocycles. The smallest absolute Gasteiger partial charge is 0.351 e. The summed E-state index contributed by atoms with van der Waals surface area (Å²) in [4.78, 5) is 10.6. The van der Waals surface area contributed by atoms with Gasteiger partial charge in [-0.05, 0) is 19.4 Å². The Balaban J connectivity index is 3.88. The number of rotatable bonds is 6. The predicted octanol–water partition coefficient (Wildman–Crippen LogP) is -0.499. The van der Waals surface area contributed by atoms with Crippen LogP contribution in [0, 0.1) is 0 Å². The standard InChI is InChI=1S/C7H16N2O3/c1-12-7(9,6(10)11)4-2-3-5-8/h2-5,8-9H2,1H3,(H,10,11)/t7-/m1/s1. The van der Waals surface area contributed by atoms with Crippen LogP contribution in [-0.2, 0) is 9.53 Å². The lowest BCUT2D eigenvalue weighted by atomic mass is 10.1. The Morgan fingerprint density at radius 3 is 2.50 bits per heavy atom. The van der Waals surface area contributed by atoms with Crippen LogP contribution in [0.5, 0.6) is 0 Å². The molecule has 5 N–H and O–H groups in total. The lowest BCUT2D eigenvalue weighted by molar-refractivity contribution is -0.162. The van der Waals surface area contributed by atoms with E-state index in [1.54, 1.807) is 0 Å². The first kappa shape index (κ1) is 11.4. The molecule has 0 aliphatic heterocycles. The van der Waals surface area contributed by atoms with Crippen molar-refractivity contribution in [2.24, 2.45) is 11.5 Å². The highest BCUT2D eigenvalue weighted by Gasteiger charge is 2.32. The fraction of sp³-hybridized carbons (Fsp3) is 0.857. The Bertz CT molecular complexity index is 152. The zero-order valence-electron chi connectivity index (χ0n) is 7.25. The number of methoxy groups -OCH3 is 1. The molecule has 5 nitrogen and oxygen atoms in total. The molecule has 0 amide bonds. The van der Waals surface area contributed by atoms with Gasteiger partial charge in [-0.3, -0.25) is 5.73 Å². The maximum atomic E-state index is 10.6. The van der Waals surface area contributed by atoms with Gasteiger partial charge >= 0.3 is 5.97 Å². The summed E-state index contributed by atoms with van der Waals surface area (Å²) in [6.45, 7) is 0.541. The molecule has 0 aliphatic carbocycles. The molecule has 0 spiro atoms. The molecule has 1 atom stereocenters. The number of hydrogen-bond acceptors (Lipinski definition) is 4. The van der Waals surface area contributed by atoms with Crippen molar-refractivity contribution in [1.82, 2.24) is 0 Å². The van der Waals surface area contributed by atoms with E-state index in [2.05, 4.69) is 4.74 Å². The number of ether oxygens (including phenoxy) is 1. The molecule has 0 bridgehead atoms. The highest BCUT2D eigenvalue weighted by atomic mass is 16.5. The maximum Gasteiger partial charge on any atom is 0.351 e. The normalized spacial score (nSPS) is 15.6. The molecule has 72 valence electrons. The summed E-state index contributed by atoms with van der Waals surface area (Å²) in [5.74, 6) is -1.14. The van der Waals surface area contributed by atoms with Gasteiger partial charge in [0.2, 0.25) is 5.72 Å². The van der Waals surface area contributed by atoms with Gasteiger partial charge in [0, 0.05) is 13.5 Å². The van der Waals surface area contributed by atoms with E-state index in [1.165, 1.54) is 7.11 Å². The van der Waals surface area contributed by atoms with Crippen LogP contribution < -0.4 is 11.5 Å². The molecule has 0 aromatic rings. The highest BCUT2D eigenvalue weighted by Crippen LogP contribution is 2.11. The quantitative estimate of drug-likeness (QED) is 0.374. The van der Waals surface area contributed by atoms with Crippen molar-refractivity contribution in [3.05, 3.63) is 0 Å². The van der Waals surface area contributed by atoms with Crippen LogP contribution in [0.15, 0.2) is 0 Å². The van der Waals surface area contributed by atoms with Crippen LogP contribution in [0.2, 0.25) is 0 Å². The minimum atomic E-state index is -1.55. The van der Waals surface area contributed by atoms with E-state index < -0.39 is 11.7 Å². The monoisotopic (exact) mass is 176 g/mol. The Morgan fingerprint density at radius 2 is 2.17 bits per heavy atom. The van der Waals surface area contributed by atoms with Gasteiger partial charge in [-0.25, -0.2) is 4.79 Å². The summed E-state index contributed by atoms with van der Waals surface area (Å²) in [6.07, 6.45) is 1.71. The zero-order valence-corrected chi connectivity index (χ0v) is 7.25. The fourth-order valence-corrected chi connectivity index (χ4v) is 0.828. The minimum Gasteiger partial charge on any atom is -0.478 e. The van der Waals surface area contributed by atoms with Crippen LogP contribution >= 0.6 is 0 Å². The lowest BCUT2D eigenvalue weighted by Gasteiger charge is -2.22. The highest BCUT2D eigenvalue weighted by molar-refractivity contribution is 5.76. The Kier molecular flexibility index (Phi) is 4.80. The molecule has 0 saturated heterocycles. The SMILES string of the molecule is CO[C@](N)(CCCCN)C(=O)O. The molecule has 0 heterocycles. The molecular formula is C7H16N2O3. The van der Waals surface area contributed by atoms with Crippen molar-refractivity contribution < 1.29 is 14.6 Å². The van der Waals surface area contributed by atoms with Gasteiger partial charge in [-0.1, -0.05) is 0 Å². The summed E-state index contributed by atoms with van der Waals surface area (Å²) < 4.78 is 4.68. The number of hydrogen-bond donors (Lipinski definition) is 3. The van der Waals surface area contributed by atoms with Gasteiger partial charge in [-0.2, -0.15) is 0 Å². The molecular weight excluding hydrogens is 160 g/mol. The average Bonchev–Trinajstić information content (AvgIpc) is 2.04. The summed E-state index contributed by atoms with van der Waals surface area (Å²) in [5, 5.41) is 8.65. The number of carboxylic acids is 1. The second-order valence-corrected chi connectivity index (χ2v) is 2.64. The fourth-order valence-electron chi connectivity index (χ4n) is 0.828. The van der Waals surface area contributed by atoms with Crippen LogP contribution in [0.4, 0.5) is 0 Å². The Hall–Kier alpha value is -0.650. The Labute approximate surface area is 71.7 Å². The molecule has 0 rings (SSSR count). The van der Waals surface area contributed by atoms with Crippen molar-refractivity contribution in [2.75, 3.05) is 13.7 Å². The first-order chi connectivity index (χ1) is 5.56. The predicted molar refractivity (Wildman–Crippen MR) is 44.5 cm³/mol. The number of nitrogens with two attached hydrogens (primary N) is 2. The van der Waals surface area contributed by atoms with Gasteiger partial charge in [0.25, 0.3) is 0 Å². The summed E-state index contributed by atoms with van der Waals surface area (Å²) in [7, 11) is 1.29. The van der Waals surface area contributed by atoms with Gasteiger partial charge in [-0.15, -0.1) is 0 Å². The summed E-state index contributed by atoms with van der Waals surface area (Å²) in [5.41, 5.74) is 9.12. The van der Waals surface area contributed by atoms with Crippen LogP contribution in [0.25, 0.3) is 0 Å². The van der Waals surface area contributed by atoms with Crippen molar-refractivity contribution in [1.29, 1.82) is 0 Å². The average molecular weight is 176 g/mol. The van der Waals surface area contributed by atoms with E-state index in [1.807, 2.05) is 0 Å². The maximum absolute atomic E-state index is 10.6. The van der Waals surface area contributed by atoms with E-state index in [0.717, 1.165) is 6.42 Å². The third-order valence-electron chi connectivity index (χ3n) is 1.73. The molecule has 12 heavy (non-hydrogen) atoms. The Morgan fingerprint density at radius 1 is 1.58 bits per heavy atom. The summed E-state index contributed by atoms with van der Waals surface area (Å²) in [6, 6.07) is 0. The topological polar surface area (TPSA) is 98.6 Å². The number of aliphatic carboxylic acids is 1. The van der Waals surface area contributed by atoms with Gasteiger partial charge in [0.15, 0.2) is 0 Å². The molecule has 0 radical (unpaired) electrons. The first-order valence-corrected chi connectivity index (χ1v) is 3.84. The first-order valence-electron chi connectivity index (χ1n) is 3.84. The lowest BCUT2D eigenvalue weighted by Crippen LogP contribution is -2.49. The zero-order chi connectivity index (χ0) is 9.61. The van der Waals surface area contributed by atoms with E-state index >= 15 is 0 Å². The number of unbranched alkanes of at least 4 members (excludes halogenated alkanes) is 1. The molecule has 0 aromatic carbocycles. The van der Waals surface area contributed by atoms with E-state index in [0.29, 0.717) is 13.0 Å². The largest absolute Gasteiger partial charge is 0.478 e. The molecule has 0 fully saturated rings. The minimum absolute atomic E-state index is 0.288. The van der Waals surface area contributed by atoms with Gasteiger partial charge in [0.05, 0.1) is 0 Å². The molecule has 0 unspecified atom stereocenters. The molecule has 0 saturated carbocycles. The third-order valence-corrected chi connectivity index (χ3v) is 1.73. The van der Waals surface area contributed by atoms with E-state index in [9.17, 15) is 4.79 Å². The van der Waals surface area contributed by atoms with Crippen LogP contribution in [-0.4, -0.2) is 30.5 Å². The van der Waals surface area contributed by atoms with Crippen molar-refractivity contribution in [3.8, 4) is 0 Å². The number of carboxylic acid groups (broad SMARTS) is 1.